The number of nitrogens with zero attached hydrogens (tertiary/aromatic N) is 1. The van der Waals surface area contributed by atoms with E-state index in [1.54, 1.807) is 33.5 Å². The highest BCUT2D eigenvalue weighted by molar-refractivity contribution is 5.81. The highest BCUT2D eigenvalue weighted by Crippen LogP contribution is 2.28. The normalized spacial score (nSPS) is 11.0. The Bertz CT molecular complexity index is 1010. The second kappa shape index (κ2) is 8.80. The molecule has 0 unspecified atom stereocenters. The number of ether oxygens (including phenoxy) is 3. The molecule has 2 aromatic carbocycles. The average Bonchev–Trinajstić information content (AvgIpc) is 2.71. The van der Waals surface area contributed by atoms with Crippen LogP contribution in [0.2, 0.25) is 0 Å². The van der Waals surface area contributed by atoms with Gasteiger partial charge in [0.15, 0.2) is 11.5 Å². The summed E-state index contributed by atoms with van der Waals surface area (Å²) < 4.78 is 21.2. The van der Waals surface area contributed by atoms with Crippen molar-refractivity contribution in [3.05, 3.63) is 64.0 Å². The largest absolute Gasteiger partial charge is 0.497 e. The van der Waals surface area contributed by atoms with Gasteiger partial charge in [0, 0.05) is 30.6 Å². The van der Waals surface area contributed by atoms with Crippen LogP contribution in [0.15, 0.2) is 51.7 Å². The van der Waals surface area contributed by atoms with Gasteiger partial charge in [0.1, 0.15) is 11.3 Å². The van der Waals surface area contributed by atoms with Gasteiger partial charge in [-0.2, -0.15) is 0 Å². The van der Waals surface area contributed by atoms with Gasteiger partial charge in [-0.05, 0) is 48.9 Å². The molecular formula is C22H25NO5. The Morgan fingerprint density at radius 1 is 0.929 bits per heavy atom. The molecule has 0 N–H and O–H groups in total. The van der Waals surface area contributed by atoms with Crippen molar-refractivity contribution in [2.45, 2.75) is 13.0 Å². The van der Waals surface area contributed by atoms with Gasteiger partial charge in [0.05, 0.1) is 21.3 Å². The Morgan fingerprint density at radius 3 is 2.43 bits per heavy atom. The second-order valence-electron chi connectivity index (χ2n) is 6.63. The zero-order valence-corrected chi connectivity index (χ0v) is 16.7. The molecule has 6 heteroatoms. The molecule has 0 bridgehead atoms. The molecule has 0 radical (unpaired) electrons. The second-order valence-corrected chi connectivity index (χ2v) is 6.63. The van der Waals surface area contributed by atoms with Crippen LogP contribution >= 0.6 is 0 Å². The molecule has 0 aliphatic heterocycles. The Kier molecular flexibility index (Phi) is 6.21. The molecule has 0 fully saturated rings. The van der Waals surface area contributed by atoms with Crippen molar-refractivity contribution < 1.29 is 18.6 Å². The highest BCUT2D eigenvalue weighted by atomic mass is 16.5. The predicted molar refractivity (Wildman–Crippen MR) is 109 cm³/mol. The van der Waals surface area contributed by atoms with E-state index in [4.69, 9.17) is 18.6 Å². The van der Waals surface area contributed by atoms with Gasteiger partial charge in [0.25, 0.3) is 0 Å². The molecule has 0 spiro atoms. The van der Waals surface area contributed by atoms with E-state index in [1.165, 1.54) is 0 Å². The minimum atomic E-state index is -0.357. The number of benzene rings is 2. The standard InChI is InChI=1S/C22H25NO5/c1-23(10-9-15-5-8-19(26-3)21(11-15)27-4)14-16-12-22(24)28-20-13-17(25-2)6-7-18(16)20/h5-8,11-13H,9-10,14H2,1-4H3. The lowest BCUT2D eigenvalue weighted by Gasteiger charge is -2.18. The molecule has 6 nitrogen and oxygen atoms in total. The maximum atomic E-state index is 11.9. The molecule has 3 aromatic rings. The van der Waals surface area contributed by atoms with E-state index >= 15 is 0 Å². The summed E-state index contributed by atoms with van der Waals surface area (Å²) in [5.41, 5.74) is 2.27. The van der Waals surface area contributed by atoms with Crippen LogP contribution < -0.4 is 19.8 Å². The quantitative estimate of drug-likeness (QED) is 0.555. The summed E-state index contributed by atoms with van der Waals surface area (Å²) in [6.07, 6.45) is 0.851. The van der Waals surface area contributed by atoms with Crippen LogP contribution in [0.5, 0.6) is 17.2 Å². The molecule has 0 saturated carbocycles. The van der Waals surface area contributed by atoms with Gasteiger partial charge in [-0.1, -0.05) is 6.07 Å². The molecule has 1 heterocycles. The van der Waals surface area contributed by atoms with Crippen LogP contribution in [0.4, 0.5) is 0 Å². The average molecular weight is 383 g/mol. The third kappa shape index (κ3) is 4.46. The van der Waals surface area contributed by atoms with Crippen LogP contribution in [0.25, 0.3) is 11.0 Å². The van der Waals surface area contributed by atoms with Crippen LogP contribution in [0.1, 0.15) is 11.1 Å². The monoisotopic (exact) mass is 383 g/mol. The Balaban J connectivity index is 1.73. The number of methoxy groups -OCH3 is 3. The number of likely N-dealkylation sites (N-methyl/N-ethyl adjacent to an activating group) is 1. The highest BCUT2D eigenvalue weighted by Gasteiger charge is 2.10. The molecule has 0 saturated heterocycles. The molecular weight excluding hydrogens is 358 g/mol. The van der Waals surface area contributed by atoms with E-state index in [1.807, 2.05) is 37.4 Å². The number of rotatable bonds is 8. The summed E-state index contributed by atoms with van der Waals surface area (Å²) >= 11 is 0. The fourth-order valence-electron chi connectivity index (χ4n) is 3.19. The number of hydrogen-bond acceptors (Lipinski definition) is 6. The van der Waals surface area contributed by atoms with Gasteiger partial charge in [-0.25, -0.2) is 4.79 Å². The summed E-state index contributed by atoms with van der Waals surface area (Å²) in [7, 11) is 6.88. The third-order valence-corrected chi connectivity index (χ3v) is 4.71. The maximum Gasteiger partial charge on any atom is 0.336 e. The van der Waals surface area contributed by atoms with Crippen LogP contribution in [-0.2, 0) is 13.0 Å². The van der Waals surface area contributed by atoms with E-state index in [0.717, 1.165) is 41.0 Å². The van der Waals surface area contributed by atoms with E-state index in [-0.39, 0.29) is 5.63 Å². The summed E-state index contributed by atoms with van der Waals surface area (Å²) in [6, 6.07) is 13.0. The lowest BCUT2D eigenvalue weighted by atomic mass is 10.1. The van der Waals surface area contributed by atoms with Crippen molar-refractivity contribution in [3.63, 3.8) is 0 Å². The van der Waals surface area contributed by atoms with Crippen molar-refractivity contribution >= 4 is 11.0 Å². The topological polar surface area (TPSA) is 61.1 Å². The van der Waals surface area contributed by atoms with E-state index in [2.05, 4.69) is 4.90 Å². The van der Waals surface area contributed by atoms with E-state index < -0.39 is 0 Å². The van der Waals surface area contributed by atoms with Gasteiger partial charge < -0.3 is 23.5 Å². The minimum absolute atomic E-state index is 0.357. The molecule has 1 aromatic heterocycles. The van der Waals surface area contributed by atoms with Crippen molar-refractivity contribution in [1.29, 1.82) is 0 Å². The zero-order valence-electron chi connectivity index (χ0n) is 16.7. The Morgan fingerprint density at radius 2 is 1.71 bits per heavy atom. The number of hydrogen-bond donors (Lipinski definition) is 0. The van der Waals surface area contributed by atoms with Crippen molar-refractivity contribution in [3.8, 4) is 17.2 Å². The zero-order chi connectivity index (χ0) is 20.1. The summed E-state index contributed by atoms with van der Waals surface area (Å²) in [5.74, 6) is 2.11. The summed E-state index contributed by atoms with van der Waals surface area (Å²) in [5, 5.41) is 0.915. The van der Waals surface area contributed by atoms with Crippen molar-refractivity contribution in [2.24, 2.45) is 0 Å². The van der Waals surface area contributed by atoms with Crippen molar-refractivity contribution in [1.82, 2.24) is 4.90 Å². The lowest BCUT2D eigenvalue weighted by Crippen LogP contribution is -2.21. The molecule has 148 valence electrons. The first-order valence-electron chi connectivity index (χ1n) is 9.04. The fourth-order valence-corrected chi connectivity index (χ4v) is 3.19. The smallest absolute Gasteiger partial charge is 0.336 e. The summed E-state index contributed by atoms with van der Waals surface area (Å²) in [4.78, 5) is 14.1. The lowest BCUT2D eigenvalue weighted by molar-refractivity contribution is 0.330. The molecule has 3 rings (SSSR count). The predicted octanol–water partition coefficient (Wildman–Crippen LogP) is 3.49. The first-order valence-corrected chi connectivity index (χ1v) is 9.04. The maximum absolute atomic E-state index is 11.9. The SMILES string of the molecule is COc1ccc2c(CN(C)CCc3ccc(OC)c(OC)c3)cc(=O)oc2c1. The molecule has 0 atom stereocenters. The molecule has 0 aliphatic carbocycles. The first kappa shape index (κ1) is 19.8. The van der Waals surface area contributed by atoms with Gasteiger partial charge in [-0.15, -0.1) is 0 Å². The van der Waals surface area contributed by atoms with Gasteiger partial charge >= 0.3 is 5.63 Å². The van der Waals surface area contributed by atoms with Gasteiger partial charge in [0.2, 0.25) is 0 Å². The Labute approximate surface area is 164 Å². The molecule has 28 heavy (non-hydrogen) atoms. The Hall–Kier alpha value is -2.99. The fraction of sp³-hybridized carbons (Fsp3) is 0.318. The molecule has 0 aliphatic rings. The van der Waals surface area contributed by atoms with Gasteiger partial charge in [-0.3, -0.25) is 0 Å². The van der Waals surface area contributed by atoms with E-state index in [9.17, 15) is 4.79 Å². The first-order chi connectivity index (χ1) is 13.5. The van der Waals surface area contributed by atoms with Crippen molar-refractivity contribution in [2.75, 3.05) is 34.9 Å². The third-order valence-electron chi connectivity index (χ3n) is 4.71. The molecule has 0 amide bonds. The minimum Gasteiger partial charge on any atom is -0.497 e. The number of fused-ring (bicyclic) bond motifs is 1. The van der Waals surface area contributed by atoms with Crippen LogP contribution in [-0.4, -0.2) is 39.8 Å². The van der Waals surface area contributed by atoms with Crippen LogP contribution in [0, 0.1) is 0 Å². The van der Waals surface area contributed by atoms with Crippen LogP contribution in [0.3, 0.4) is 0 Å². The van der Waals surface area contributed by atoms with E-state index in [0.29, 0.717) is 17.9 Å². The summed E-state index contributed by atoms with van der Waals surface area (Å²) in [6.45, 7) is 1.47.